The van der Waals surface area contributed by atoms with Crippen molar-refractivity contribution in [1.29, 1.82) is 0 Å². The zero-order chi connectivity index (χ0) is 26.1. The van der Waals surface area contributed by atoms with Gasteiger partial charge in [0, 0.05) is 49.9 Å². The number of halogens is 1. The molecule has 194 valence electrons. The number of benzene rings is 1. The van der Waals surface area contributed by atoms with Gasteiger partial charge in [0.1, 0.15) is 29.3 Å². The van der Waals surface area contributed by atoms with E-state index in [0.717, 1.165) is 61.9 Å². The van der Waals surface area contributed by atoms with E-state index in [9.17, 15) is 0 Å². The molecule has 1 aromatic carbocycles. The summed E-state index contributed by atoms with van der Waals surface area (Å²) in [4.78, 5) is 27.4. The molecule has 1 aliphatic rings. The molecule has 1 saturated heterocycles. The summed E-state index contributed by atoms with van der Waals surface area (Å²) in [5.41, 5.74) is 4.21. The van der Waals surface area contributed by atoms with Gasteiger partial charge in [-0.2, -0.15) is 0 Å². The van der Waals surface area contributed by atoms with Crippen LogP contribution in [-0.4, -0.2) is 72.0 Å². The number of likely N-dealkylation sites (N-methyl/N-ethyl adjacent to an activating group) is 1. The maximum Gasteiger partial charge on any atom is 0.151 e. The number of hydrogen-bond acceptors (Lipinski definition) is 8. The minimum atomic E-state index is -0.361. The molecule has 0 amide bonds. The fourth-order valence-electron chi connectivity index (χ4n) is 5.04. The molecule has 0 aliphatic carbocycles. The predicted octanol–water partition coefficient (Wildman–Crippen LogP) is 4.50. The minimum absolute atomic E-state index is 0.158. The number of aryl methyl sites for hydroxylation is 1. The molecule has 0 atom stereocenters. The number of anilines is 2. The van der Waals surface area contributed by atoms with Gasteiger partial charge in [0.25, 0.3) is 0 Å². The van der Waals surface area contributed by atoms with Crippen LogP contribution in [0.5, 0.6) is 0 Å². The second-order valence-corrected chi connectivity index (χ2v) is 9.87. The molecule has 4 aromatic rings. The first-order valence-corrected chi connectivity index (χ1v) is 12.9. The molecule has 9 nitrogen and oxygen atoms in total. The highest BCUT2D eigenvalue weighted by Crippen LogP contribution is 2.32. The molecule has 0 saturated carbocycles. The van der Waals surface area contributed by atoms with Crippen molar-refractivity contribution in [2.75, 3.05) is 38.0 Å². The van der Waals surface area contributed by atoms with E-state index in [1.807, 2.05) is 30.7 Å². The lowest BCUT2D eigenvalue weighted by Gasteiger charge is -2.33. The number of rotatable bonds is 7. The van der Waals surface area contributed by atoms with Gasteiger partial charge in [0.05, 0.1) is 29.3 Å². The topological polar surface area (TPSA) is 87.9 Å². The highest BCUT2D eigenvalue weighted by atomic mass is 19.1. The Hall–Kier alpha value is -3.50. The predicted molar refractivity (Wildman–Crippen MR) is 143 cm³/mol. The van der Waals surface area contributed by atoms with Gasteiger partial charge in [-0.25, -0.2) is 24.3 Å². The van der Waals surface area contributed by atoms with Gasteiger partial charge in [-0.15, -0.1) is 0 Å². The summed E-state index contributed by atoms with van der Waals surface area (Å²) in [6.45, 7) is 16.3. The zero-order valence-corrected chi connectivity index (χ0v) is 22.2. The fourth-order valence-corrected chi connectivity index (χ4v) is 5.04. The third kappa shape index (κ3) is 5.17. The minimum Gasteiger partial charge on any atom is -0.326 e. The first-order chi connectivity index (χ1) is 17.8. The van der Waals surface area contributed by atoms with E-state index in [1.54, 1.807) is 6.20 Å². The van der Waals surface area contributed by atoms with Crippen LogP contribution in [0, 0.1) is 19.7 Å². The molecule has 1 N–H and O–H groups in total. The normalized spacial score (nSPS) is 15.1. The van der Waals surface area contributed by atoms with Gasteiger partial charge in [-0.1, -0.05) is 6.92 Å². The summed E-state index contributed by atoms with van der Waals surface area (Å²) in [6, 6.07) is 3.60. The molecule has 3 aromatic heterocycles. The van der Waals surface area contributed by atoms with Crippen molar-refractivity contribution in [1.82, 2.24) is 39.3 Å². The lowest BCUT2D eigenvalue weighted by molar-refractivity contribution is 0.130. The van der Waals surface area contributed by atoms with Gasteiger partial charge < -0.3 is 14.8 Å². The van der Waals surface area contributed by atoms with Gasteiger partial charge >= 0.3 is 0 Å². The van der Waals surface area contributed by atoms with E-state index in [4.69, 9.17) is 0 Å². The van der Waals surface area contributed by atoms with Crippen LogP contribution in [0.2, 0.25) is 0 Å². The third-order valence-electron chi connectivity index (χ3n) is 7.05. The van der Waals surface area contributed by atoms with Gasteiger partial charge in [-0.3, -0.25) is 9.88 Å². The van der Waals surface area contributed by atoms with Crippen LogP contribution in [0.3, 0.4) is 0 Å². The molecule has 0 unspecified atom stereocenters. The summed E-state index contributed by atoms with van der Waals surface area (Å²) in [5, 5.41) is 3.26. The number of nitrogens with zero attached hydrogens (tertiary/aromatic N) is 8. The highest BCUT2D eigenvalue weighted by Gasteiger charge is 2.19. The number of imidazole rings is 1. The SMILES string of the molecule is CCN1CCN(Cc2cnc(Nc3ncnc(-c4cc(F)c5nc(C)n(C(C)C)c5c4)c3C)cn2)CC1. The van der Waals surface area contributed by atoms with Crippen molar-refractivity contribution in [3.8, 4) is 11.3 Å². The monoisotopic (exact) mass is 503 g/mol. The van der Waals surface area contributed by atoms with E-state index >= 15 is 4.39 Å². The first kappa shape index (κ1) is 25.2. The van der Waals surface area contributed by atoms with Crippen molar-refractivity contribution < 1.29 is 4.39 Å². The molecule has 5 rings (SSSR count). The summed E-state index contributed by atoms with van der Waals surface area (Å²) < 4.78 is 17.1. The smallest absolute Gasteiger partial charge is 0.151 e. The van der Waals surface area contributed by atoms with Crippen molar-refractivity contribution in [3.05, 3.63) is 53.8 Å². The number of fused-ring (bicyclic) bond motifs is 1. The second-order valence-electron chi connectivity index (χ2n) is 9.87. The summed E-state index contributed by atoms with van der Waals surface area (Å²) >= 11 is 0. The first-order valence-electron chi connectivity index (χ1n) is 12.9. The van der Waals surface area contributed by atoms with E-state index in [1.165, 1.54) is 12.4 Å². The molecule has 0 spiro atoms. The molecule has 1 aliphatic heterocycles. The molecule has 0 bridgehead atoms. The van der Waals surface area contributed by atoms with Crippen LogP contribution in [0.4, 0.5) is 16.0 Å². The van der Waals surface area contributed by atoms with E-state index in [0.29, 0.717) is 28.4 Å². The Balaban J connectivity index is 1.36. The molecular weight excluding hydrogens is 469 g/mol. The fraction of sp³-hybridized carbons (Fsp3) is 0.444. The second kappa shape index (κ2) is 10.5. The van der Waals surface area contributed by atoms with Crippen LogP contribution in [-0.2, 0) is 6.54 Å². The Bertz CT molecular complexity index is 1390. The van der Waals surface area contributed by atoms with Crippen LogP contribution < -0.4 is 5.32 Å². The molecule has 0 radical (unpaired) electrons. The van der Waals surface area contributed by atoms with Crippen molar-refractivity contribution in [3.63, 3.8) is 0 Å². The van der Waals surface area contributed by atoms with Crippen molar-refractivity contribution >= 4 is 22.7 Å². The summed E-state index contributed by atoms with van der Waals surface area (Å²) in [7, 11) is 0. The quantitative estimate of drug-likeness (QED) is 0.394. The Morgan fingerprint density at radius 2 is 1.73 bits per heavy atom. The average Bonchev–Trinajstić information content (AvgIpc) is 3.23. The standard InChI is InChI=1S/C27H34FN9/c1-6-35-7-9-36(10-8-35)15-21-13-30-24(14-29-21)34-27-18(4)25(31-16-32-27)20-11-22(28)26-23(12-20)37(17(2)3)19(5)33-26/h11-14,16-17H,6-10,15H2,1-5H3,(H,30,31,32,34). The Morgan fingerprint density at radius 3 is 2.41 bits per heavy atom. The molecule has 10 heteroatoms. The van der Waals surface area contributed by atoms with Gasteiger partial charge in [-0.05, 0) is 46.4 Å². The summed E-state index contributed by atoms with van der Waals surface area (Å²) in [6.07, 6.45) is 5.02. The van der Waals surface area contributed by atoms with Crippen LogP contribution in [0.15, 0.2) is 30.9 Å². The van der Waals surface area contributed by atoms with E-state index in [2.05, 4.69) is 60.8 Å². The molecule has 4 heterocycles. The number of piperazine rings is 1. The Labute approximate surface area is 216 Å². The maximum absolute atomic E-state index is 15.1. The van der Waals surface area contributed by atoms with E-state index < -0.39 is 0 Å². The summed E-state index contributed by atoms with van der Waals surface area (Å²) in [5.74, 6) is 1.63. The number of nitrogens with one attached hydrogen (secondary N) is 1. The largest absolute Gasteiger partial charge is 0.326 e. The van der Waals surface area contributed by atoms with Crippen LogP contribution >= 0.6 is 0 Å². The van der Waals surface area contributed by atoms with Crippen molar-refractivity contribution in [2.24, 2.45) is 0 Å². The number of hydrogen-bond donors (Lipinski definition) is 1. The lowest BCUT2D eigenvalue weighted by Crippen LogP contribution is -2.45. The molecule has 37 heavy (non-hydrogen) atoms. The third-order valence-corrected chi connectivity index (χ3v) is 7.05. The maximum atomic E-state index is 15.1. The van der Waals surface area contributed by atoms with Crippen LogP contribution in [0.1, 0.15) is 43.9 Å². The van der Waals surface area contributed by atoms with Crippen molar-refractivity contribution in [2.45, 2.75) is 47.2 Å². The number of aromatic nitrogens is 6. The highest BCUT2D eigenvalue weighted by molar-refractivity contribution is 5.84. The lowest BCUT2D eigenvalue weighted by atomic mass is 10.1. The van der Waals surface area contributed by atoms with Crippen LogP contribution in [0.25, 0.3) is 22.3 Å². The van der Waals surface area contributed by atoms with Gasteiger partial charge in [0.2, 0.25) is 0 Å². The Morgan fingerprint density at radius 1 is 0.973 bits per heavy atom. The zero-order valence-electron chi connectivity index (χ0n) is 22.2. The average molecular weight is 504 g/mol. The Kier molecular flexibility index (Phi) is 7.12. The van der Waals surface area contributed by atoms with Gasteiger partial charge in [0.15, 0.2) is 5.82 Å². The van der Waals surface area contributed by atoms with E-state index in [-0.39, 0.29) is 11.9 Å². The molecule has 1 fully saturated rings. The molecular formula is C27H34FN9.